The third kappa shape index (κ3) is 2.52. The normalized spacial score (nSPS) is 16.4. The van der Waals surface area contributed by atoms with E-state index < -0.39 is 0 Å². The monoisotopic (exact) mass is 235 g/mol. The van der Waals surface area contributed by atoms with Crippen LogP contribution in [0.25, 0.3) is 0 Å². The Hall–Kier alpha value is -1.69. The van der Waals surface area contributed by atoms with Crippen LogP contribution in [0.4, 0.5) is 5.82 Å². The minimum atomic E-state index is -0.0968. The number of anilines is 1. The Balaban J connectivity index is 2.06. The molecule has 1 unspecified atom stereocenters. The molecule has 6 heteroatoms. The fraction of sp³-hybridized carbons (Fsp3) is 0.545. The first kappa shape index (κ1) is 11.8. The molecule has 3 N–H and O–H groups in total. The molecule has 1 aliphatic rings. The number of nitrogens with two attached hydrogens (primary N) is 1. The van der Waals surface area contributed by atoms with E-state index in [1.807, 2.05) is 7.05 Å². The molecular formula is C11H17N5O. The Morgan fingerprint density at radius 3 is 2.71 bits per heavy atom. The summed E-state index contributed by atoms with van der Waals surface area (Å²) in [5, 5.41) is 7.64. The van der Waals surface area contributed by atoms with Crippen LogP contribution in [-0.4, -0.2) is 34.1 Å². The van der Waals surface area contributed by atoms with Gasteiger partial charge in [-0.2, -0.15) is 0 Å². The van der Waals surface area contributed by atoms with Crippen molar-refractivity contribution in [3.63, 3.8) is 0 Å². The second kappa shape index (κ2) is 4.67. The molecule has 6 nitrogen and oxygen atoms in total. The van der Waals surface area contributed by atoms with Crippen LogP contribution in [-0.2, 0) is 0 Å². The van der Waals surface area contributed by atoms with Crippen LogP contribution in [0.15, 0.2) is 12.1 Å². The van der Waals surface area contributed by atoms with Gasteiger partial charge in [0.2, 0.25) is 0 Å². The first-order chi connectivity index (χ1) is 8.13. The average molecular weight is 235 g/mol. The Morgan fingerprint density at radius 2 is 2.24 bits per heavy atom. The second-order valence-corrected chi connectivity index (χ2v) is 4.44. The zero-order chi connectivity index (χ0) is 12.4. The standard InChI is InChI=1S/C11H17N5O/c1-7(8-3-4-8)16(2)11(17)9-5-6-10(13-12)15-14-9/h5-8H,3-4,12H2,1-2H3,(H,13,15). The predicted molar refractivity (Wildman–Crippen MR) is 64.1 cm³/mol. The number of aromatic nitrogens is 2. The zero-order valence-electron chi connectivity index (χ0n) is 10.1. The number of carbonyl (C=O) groups is 1. The lowest BCUT2D eigenvalue weighted by atomic mass is 10.2. The van der Waals surface area contributed by atoms with Crippen LogP contribution < -0.4 is 11.3 Å². The van der Waals surface area contributed by atoms with Gasteiger partial charge in [-0.15, -0.1) is 10.2 Å². The van der Waals surface area contributed by atoms with Gasteiger partial charge in [0.1, 0.15) is 0 Å². The van der Waals surface area contributed by atoms with Crippen LogP contribution in [0, 0.1) is 5.92 Å². The molecule has 1 aromatic rings. The Bertz CT molecular complexity index is 401. The summed E-state index contributed by atoms with van der Waals surface area (Å²) < 4.78 is 0. The van der Waals surface area contributed by atoms with Crippen molar-refractivity contribution in [2.45, 2.75) is 25.8 Å². The van der Waals surface area contributed by atoms with E-state index in [0.717, 1.165) is 0 Å². The SMILES string of the molecule is CC(C1CC1)N(C)C(=O)c1ccc(NN)nn1. The lowest BCUT2D eigenvalue weighted by molar-refractivity contribution is 0.0720. The molecular weight excluding hydrogens is 218 g/mol. The van der Waals surface area contributed by atoms with Crippen molar-refractivity contribution in [3.05, 3.63) is 17.8 Å². The zero-order valence-corrected chi connectivity index (χ0v) is 10.1. The Morgan fingerprint density at radius 1 is 1.53 bits per heavy atom. The van der Waals surface area contributed by atoms with E-state index in [1.165, 1.54) is 12.8 Å². The number of hydrogen-bond acceptors (Lipinski definition) is 5. The highest BCUT2D eigenvalue weighted by molar-refractivity contribution is 5.92. The highest BCUT2D eigenvalue weighted by Crippen LogP contribution is 2.34. The van der Waals surface area contributed by atoms with Gasteiger partial charge >= 0.3 is 0 Å². The maximum atomic E-state index is 12.1. The largest absolute Gasteiger partial charge is 0.337 e. The average Bonchev–Trinajstić information content (AvgIpc) is 3.20. The molecule has 92 valence electrons. The highest BCUT2D eigenvalue weighted by atomic mass is 16.2. The molecule has 1 heterocycles. The van der Waals surface area contributed by atoms with Crippen LogP contribution in [0.3, 0.4) is 0 Å². The Labute approximate surface area is 100 Å². The lowest BCUT2D eigenvalue weighted by Gasteiger charge is -2.24. The van der Waals surface area contributed by atoms with Crippen molar-refractivity contribution in [1.82, 2.24) is 15.1 Å². The van der Waals surface area contributed by atoms with Gasteiger partial charge in [0.05, 0.1) is 0 Å². The summed E-state index contributed by atoms with van der Waals surface area (Å²) in [7, 11) is 1.81. The van der Waals surface area contributed by atoms with Crippen molar-refractivity contribution in [2.24, 2.45) is 11.8 Å². The first-order valence-corrected chi connectivity index (χ1v) is 5.71. The molecule has 0 aliphatic heterocycles. The molecule has 0 radical (unpaired) electrons. The van der Waals surface area contributed by atoms with Crippen LogP contribution in [0.2, 0.25) is 0 Å². The number of hydrazine groups is 1. The van der Waals surface area contributed by atoms with E-state index >= 15 is 0 Å². The molecule has 1 fully saturated rings. The highest BCUT2D eigenvalue weighted by Gasteiger charge is 2.33. The number of nitrogen functional groups attached to an aromatic ring is 1. The van der Waals surface area contributed by atoms with Crippen LogP contribution in [0.1, 0.15) is 30.3 Å². The molecule has 1 amide bonds. The fourth-order valence-electron chi connectivity index (χ4n) is 1.78. The maximum Gasteiger partial charge on any atom is 0.274 e. The topological polar surface area (TPSA) is 84.1 Å². The van der Waals surface area contributed by atoms with Gasteiger partial charge in [-0.3, -0.25) is 4.79 Å². The number of nitrogens with zero attached hydrogens (tertiary/aromatic N) is 3. The van der Waals surface area contributed by atoms with Gasteiger partial charge in [0.15, 0.2) is 11.5 Å². The minimum absolute atomic E-state index is 0.0968. The number of amides is 1. The molecule has 2 rings (SSSR count). The smallest absolute Gasteiger partial charge is 0.274 e. The summed E-state index contributed by atoms with van der Waals surface area (Å²) in [5.74, 6) is 6.17. The van der Waals surface area contributed by atoms with Crippen molar-refractivity contribution in [2.75, 3.05) is 12.5 Å². The van der Waals surface area contributed by atoms with Gasteiger partial charge < -0.3 is 10.3 Å². The van der Waals surface area contributed by atoms with Crippen molar-refractivity contribution in [3.8, 4) is 0 Å². The van der Waals surface area contributed by atoms with Crippen molar-refractivity contribution >= 4 is 11.7 Å². The summed E-state index contributed by atoms with van der Waals surface area (Å²) in [6.45, 7) is 2.07. The molecule has 17 heavy (non-hydrogen) atoms. The lowest BCUT2D eigenvalue weighted by Crippen LogP contribution is -2.37. The van der Waals surface area contributed by atoms with E-state index in [2.05, 4.69) is 22.5 Å². The van der Waals surface area contributed by atoms with Crippen LogP contribution >= 0.6 is 0 Å². The number of rotatable bonds is 4. The van der Waals surface area contributed by atoms with Crippen LogP contribution in [0.5, 0.6) is 0 Å². The Kier molecular flexibility index (Phi) is 3.23. The number of hydrogen-bond donors (Lipinski definition) is 2. The van der Waals surface area contributed by atoms with E-state index in [-0.39, 0.29) is 11.9 Å². The van der Waals surface area contributed by atoms with E-state index in [1.54, 1.807) is 17.0 Å². The summed E-state index contributed by atoms with van der Waals surface area (Å²) in [4.78, 5) is 13.8. The maximum absolute atomic E-state index is 12.1. The molecule has 0 aromatic carbocycles. The number of carbonyl (C=O) groups excluding carboxylic acids is 1. The summed E-state index contributed by atoms with van der Waals surface area (Å²) >= 11 is 0. The summed E-state index contributed by atoms with van der Waals surface area (Å²) in [6.07, 6.45) is 2.42. The molecule has 0 bridgehead atoms. The third-order valence-electron chi connectivity index (χ3n) is 3.27. The molecule has 0 saturated heterocycles. The van der Waals surface area contributed by atoms with Crippen molar-refractivity contribution < 1.29 is 4.79 Å². The van der Waals surface area contributed by atoms with Gasteiger partial charge in [0, 0.05) is 13.1 Å². The van der Waals surface area contributed by atoms with E-state index in [0.29, 0.717) is 17.4 Å². The second-order valence-electron chi connectivity index (χ2n) is 4.44. The molecule has 1 saturated carbocycles. The fourth-order valence-corrected chi connectivity index (χ4v) is 1.78. The molecule has 1 aromatic heterocycles. The minimum Gasteiger partial charge on any atom is -0.337 e. The first-order valence-electron chi connectivity index (χ1n) is 5.71. The van der Waals surface area contributed by atoms with Crippen molar-refractivity contribution in [1.29, 1.82) is 0 Å². The van der Waals surface area contributed by atoms with Gasteiger partial charge in [-0.1, -0.05) is 0 Å². The van der Waals surface area contributed by atoms with Gasteiger partial charge in [-0.05, 0) is 37.8 Å². The van der Waals surface area contributed by atoms with Gasteiger partial charge in [-0.25, -0.2) is 5.84 Å². The van der Waals surface area contributed by atoms with E-state index in [4.69, 9.17) is 5.84 Å². The molecule has 0 spiro atoms. The van der Waals surface area contributed by atoms with E-state index in [9.17, 15) is 4.79 Å². The molecule has 1 atom stereocenters. The quantitative estimate of drug-likeness (QED) is 0.590. The summed E-state index contributed by atoms with van der Waals surface area (Å²) in [5.41, 5.74) is 2.72. The predicted octanol–water partition coefficient (Wildman–Crippen LogP) is 0.633. The summed E-state index contributed by atoms with van der Waals surface area (Å²) in [6, 6.07) is 3.52. The molecule has 1 aliphatic carbocycles. The van der Waals surface area contributed by atoms with Gasteiger partial charge in [0.25, 0.3) is 5.91 Å². The number of nitrogens with one attached hydrogen (secondary N) is 1. The third-order valence-corrected chi connectivity index (χ3v) is 3.27.